The SMILES string of the molecule is CCO[C@H]1CN(C(=O)OC)C[C@H]1Nc1c(C)nc(-c2cnc(N(C)C)cc2C)n(CC)c1=O. The van der Waals surface area contributed by atoms with Crippen LogP contribution in [0.5, 0.6) is 0 Å². The molecular formula is C23H34N6O4. The number of rotatable bonds is 7. The van der Waals surface area contributed by atoms with Crippen LogP contribution in [-0.2, 0) is 16.0 Å². The molecule has 3 rings (SSSR count). The van der Waals surface area contributed by atoms with Gasteiger partial charge in [0.15, 0.2) is 0 Å². The minimum atomic E-state index is -0.413. The van der Waals surface area contributed by atoms with Gasteiger partial charge in [-0.2, -0.15) is 0 Å². The summed E-state index contributed by atoms with van der Waals surface area (Å²) in [5, 5.41) is 3.32. The number of anilines is 2. The van der Waals surface area contributed by atoms with Crippen LogP contribution in [0.15, 0.2) is 17.1 Å². The van der Waals surface area contributed by atoms with Gasteiger partial charge >= 0.3 is 6.09 Å². The zero-order valence-electron chi connectivity index (χ0n) is 20.5. The predicted molar refractivity (Wildman–Crippen MR) is 128 cm³/mol. The van der Waals surface area contributed by atoms with Crippen molar-refractivity contribution in [3.8, 4) is 11.4 Å². The first-order valence-corrected chi connectivity index (χ1v) is 11.2. The zero-order valence-corrected chi connectivity index (χ0v) is 20.5. The molecule has 0 saturated carbocycles. The first-order chi connectivity index (χ1) is 15.7. The van der Waals surface area contributed by atoms with Crippen LogP contribution in [0.1, 0.15) is 25.1 Å². The Bertz CT molecular complexity index is 1070. The van der Waals surface area contributed by atoms with Crippen LogP contribution in [-0.4, -0.2) is 78.6 Å². The summed E-state index contributed by atoms with van der Waals surface area (Å²) in [6.07, 6.45) is 1.10. The Morgan fingerprint density at radius 1 is 1.27 bits per heavy atom. The topological polar surface area (TPSA) is 102 Å². The van der Waals surface area contributed by atoms with Gasteiger partial charge in [0.05, 0.1) is 31.5 Å². The van der Waals surface area contributed by atoms with E-state index < -0.39 is 6.09 Å². The number of pyridine rings is 1. The van der Waals surface area contributed by atoms with Crippen molar-refractivity contribution in [3.63, 3.8) is 0 Å². The smallest absolute Gasteiger partial charge is 0.409 e. The molecule has 180 valence electrons. The first-order valence-electron chi connectivity index (χ1n) is 11.2. The highest BCUT2D eigenvalue weighted by atomic mass is 16.5. The van der Waals surface area contributed by atoms with E-state index in [9.17, 15) is 9.59 Å². The summed E-state index contributed by atoms with van der Waals surface area (Å²) >= 11 is 0. The Morgan fingerprint density at radius 3 is 2.58 bits per heavy atom. The van der Waals surface area contributed by atoms with Gasteiger partial charge < -0.3 is 24.6 Å². The molecule has 0 aliphatic carbocycles. The molecule has 0 unspecified atom stereocenters. The van der Waals surface area contributed by atoms with Crippen molar-refractivity contribution in [3.05, 3.63) is 33.9 Å². The highest BCUT2D eigenvalue weighted by Gasteiger charge is 2.37. The lowest BCUT2D eigenvalue weighted by Gasteiger charge is -2.23. The number of aryl methyl sites for hydroxylation is 2. The molecule has 1 amide bonds. The van der Waals surface area contributed by atoms with E-state index in [1.807, 2.05) is 52.8 Å². The van der Waals surface area contributed by atoms with Gasteiger partial charge in [-0.05, 0) is 39.3 Å². The monoisotopic (exact) mass is 458 g/mol. The third-order valence-electron chi connectivity index (χ3n) is 5.87. The van der Waals surface area contributed by atoms with Crippen molar-refractivity contribution in [2.24, 2.45) is 0 Å². The van der Waals surface area contributed by atoms with Crippen molar-refractivity contribution in [1.29, 1.82) is 0 Å². The molecule has 1 saturated heterocycles. The second-order valence-corrected chi connectivity index (χ2v) is 8.32. The third-order valence-corrected chi connectivity index (χ3v) is 5.87. The van der Waals surface area contributed by atoms with Crippen molar-refractivity contribution in [1.82, 2.24) is 19.4 Å². The summed E-state index contributed by atoms with van der Waals surface area (Å²) in [4.78, 5) is 38.4. The summed E-state index contributed by atoms with van der Waals surface area (Å²) in [5.74, 6) is 1.43. The normalized spacial score (nSPS) is 17.8. The highest BCUT2D eigenvalue weighted by Crippen LogP contribution is 2.26. The summed E-state index contributed by atoms with van der Waals surface area (Å²) in [7, 11) is 5.23. The molecule has 1 aliphatic rings. The van der Waals surface area contributed by atoms with Gasteiger partial charge in [-0.25, -0.2) is 14.8 Å². The lowest BCUT2D eigenvalue weighted by atomic mass is 10.1. The minimum Gasteiger partial charge on any atom is -0.453 e. The number of methoxy groups -OCH3 is 1. The molecule has 33 heavy (non-hydrogen) atoms. The lowest BCUT2D eigenvalue weighted by Crippen LogP contribution is -2.38. The minimum absolute atomic E-state index is 0.164. The Kier molecular flexibility index (Phi) is 7.57. The van der Waals surface area contributed by atoms with E-state index in [4.69, 9.17) is 14.5 Å². The Morgan fingerprint density at radius 2 is 2.00 bits per heavy atom. The van der Waals surface area contributed by atoms with Crippen LogP contribution in [0.4, 0.5) is 16.3 Å². The number of aromatic nitrogens is 3. The summed E-state index contributed by atoms with van der Waals surface area (Å²) < 4.78 is 12.3. The van der Waals surface area contributed by atoms with Crippen LogP contribution in [0, 0.1) is 13.8 Å². The van der Waals surface area contributed by atoms with Crippen molar-refractivity contribution >= 4 is 17.6 Å². The average Bonchev–Trinajstić information content (AvgIpc) is 3.18. The van der Waals surface area contributed by atoms with E-state index in [1.165, 1.54) is 7.11 Å². The number of carbonyl (C=O) groups excluding carboxylic acids is 1. The molecule has 0 spiro atoms. The summed E-state index contributed by atoms with van der Waals surface area (Å²) in [6.45, 7) is 9.35. The fourth-order valence-electron chi connectivity index (χ4n) is 4.11. The fourth-order valence-corrected chi connectivity index (χ4v) is 4.11. The Balaban J connectivity index is 1.99. The van der Waals surface area contributed by atoms with E-state index in [0.717, 1.165) is 16.9 Å². The summed E-state index contributed by atoms with van der Waals surface area (Å²) in [5.41, 5.74) is 2.64. The van der Waals surface area contributed by atoms with Crippen LogP contribution in [0.2, 0.25) is 0 Å². The van der Waals surface area contributed by atoms with Gasteiger partial charge in [0.25, 0.3) is 5.56 Å². The maximum absolute atomic E-state index is 13.5. The van der Waals surface area contributed by atoms with E-state index in [2.05, 4.69) is 10.3 Å². The summed E-state index contributed by atoms with van der Waals surface area (Å²) in [6, 6.07) is 1.73. The molecule has 10 nitrogen and oxygen atoms in total. The van der Waals surface area contributed by atoms with Crippen molar-refractivity contribution in [2.75, 3.05) is 51.1 Å². The largest absolute Gasteiger partial charge is 0.453 e. The molecule has 1 aliphatic heterocycles. The number of nitrogens with zero attached hydrogens (tertiary/aromatic N) is 5. The molecule has 0 radical (unpaired) electrons. The molecule has 2 aromatic heterocycles. The second-order valence-electron chi connectivity index (χ2n) is 8.32. The van der Waals surface area contributed by atoms with Crippen molar-refractivity contribution in [2.45, 2.75) is 46.4 Å². The standard InChI is InChI=1S/C23H34N6O4/c1-8-29-21(16-11-24-19(27(5)6)10-14(16)3)25-15(4)20(22(29)30)26-17-12-28(23(31)32-7)13-18(17)33-9-2/h10-11,17-18,26H,8-9,12-13H2,1-7H3/t17-,18+/m1/s1. The first kappa shape index (κ1) is 24.5. The predicted octanol–water partition coefficient (Wildman–Crippen LogP) is 2.28. The molecule has 2 aromatic rings. The maximum atomic E-state index is 13.5. The lowest BCUT2D eigenvalue weighted by molar-refractivity contribution is 0.0614. The van der Waals surface area contributed by atoms with E-state index in [1.54, 1.807) is 15.7 Å². The molecule has 3 heterocycles. The average molecular weight is 459 g/mol. The van der Waals surface area contributed by atoms with Gasteiger partial charge in [-0.3, -0.25) is 9.36 Å². The molecule has 0 bridgehead atoms. The Hall–Kier alpha value is -3.14. The van der Waals surface area contributed by atoms with Crippen molar-refractivity contribution < 1.29 is 14.3 Å². The van der Waals surface area contributed by atoms with E-state index in [-0.39, 0.29) is 17.7 Å². The second kappa shape index (κ2) is 10.2. The van der Waals surface area contributed by atoms with Gasteiger partial charge in [0, 0.05) is 45.6 Å². The maximum Gasteiger partial charge on any atom is 0.409 e. The number of nitrogens with one attached hydrogen (secondary N) is 1. The molecule has 10 heteroatoms. The third kappa shape index (κ3) is 4.95. The van der Waals surface area contributed by atoms with E-state index >= 15 is 0 Å². The number of carbonyl (C=O) groups is 1. The van der Waals surface area contributed by atoms with Crippen LogP contribution in [0.25, 0.3) is 11.4 Å². The van der Waals surface area contributed by atoms with Gasteiger partial charge in [0.2, 0.25) is 0 Å². The molecular weight excluding hydrogens is 424 g/mol. The van der Waals surface area contributed by atoms with Gasteiger partial charge in [-0.15, -0.1) is 0 Å². The number of likely N-dealkylation sites (tertiary alicyclic amines) is 1. The number of hydrogen-bond donors (Lipinski definition) is 1. The zero-order chi connectivity index (χ0) is 24.3. The molecule has 1 N–H and O–H groups in total. The fraction of sp³-hybridized carbons (Fsp3) is 0.565. The van der Waals surface area contributed by atoms with Gasteiger partial charge in [-0.1, -0.05) is 0 Å². The highest BCUT2D eigenvalue weighted by molar-refractivity contribution is 5.68. The Labute approximate surface area is 194 Å². The van der Waals surface area contributed by atoms with Crippen LogP contribution in [0.3, 0.4) is 0 Å². The number of hydrogen-bond acceptors (Lipinski definition) is 8. The van der Waals surface area contributed by atoms with Crippen LogP contribution < -0.4 is 15.8 Å². The quantitative estimate of drug-likeness (QED) is 0.674. The van der Waals surface area contributed by atoms with Crippen LogP contribution >= 0.6 is 0 Å². The molecule has 1 fully saturated rings. The molecule has 0 aromatic carbocycles. The van der Waals surface area contributed by atoms with E-state index in [0.29, 0.717) is 43.4 Å². The van der Waals surface area contributed by atoms with Gasteiger partial charge in [0.1, 0.15) is 17.3 Å². The molecule has 2 atom stereocenters. The number of ether oxygens (including phenoxy) is 2. The number of amides is 1.